The highest BCUT2D eigenvalue weighted by Gasteiger charge is 2.38. The molecule has 116 valence electrons. The zero-order valence-electron chi connectivity index (χ0n) is 13.3. The van der Waals surface area contributed by atoms with E-state index in [9.17, 15) is 9.59 Å². The van der Waals surface area contributed by atoms with Crippen molar-refractivity contribution in [1.29, 1.82) is 0 Å². The lowest BCUT2D eigenvalue weighted by molar-refractivity contribution is -0.146. The molecule has 1 aromatic carbocycles. The molecule has 0 radical (unpaired) electrons. The molecule has 0 unspecified atom stereocenters. The number of ketones is 1. The first-order valence-corrected chi connectivity index (χ1v) is 7.16. The van der Waals surface area contributed by atoms with Crippen LogP contribution in [-0.2, 0) is 9.53 Å². The number of carbonyl (C=O) groups excluding carboxylic acids is 2. The normalized spacial score (nSPS) is 20.1. The average molecular weight is 300 g/mol. The highest BCUT2D eigenvalue weighted by Crippen LogP contribution is 2.42. The second kappa shape index (κ2) is 6.18. The number of hydrogen-bond donors (Lipinski definition) is 0. The quantitative estimate of drug-likeness (QED) is 0.367. The summed E-state index contributed by atoms with van der Waals surface area (Å²) in [4.78, 5) is 23.7. The van der Waals surface area contributed by atoms with Crippen LogP contribution >= 0.6 is 0 Å². The Morgan fingerprint density at radius 2 is 1.95 bits per heavy atom. The molecule has 0 N–H and O–H groups in total. The molecule has 4 heteroatoms. The lowest BCUT2D eigenvalue weighted by Crippen LogP contribution is -2.24. The van der Waals surface area contributed by atoms with Crippen LogP contribution in [0.5, 0.6) is 5.75 Å². The van der Waals surface area contributed by atoms with Crippen LogP contribution in [0.2, 0.25) is 0 Å². The number of fused-ring (bicyclic) bond motifs is 1. The molecule has 1 heterocycles. The van der Waals surface area contributed by atoms with Gasteiger partial charge >= 0.3 is 5.97 Å². The minimum absolute atomic E-state index is 0.0451. The summed E-state index contributed by atoms with van der Waals surface area (Å²) in [7, 11) is 0. The van der Waals surface area contributed by atoms with E-state index >= 15 is 0 Å². The van der Waals surface area contributed by atoms with Crippen LogP contribution in [0.25, 0.3) is 0 Å². The lowest BCUT2D eigenvalue weighted by atomic mass is 9.99. The Bertz CT molecular complexity index is 670. The largest absolute Gasteiger partial charge is 0.481 e. The molecular formula is C18H20O4. The molecule has 1 aliphatic heterocycles. The number of allylic oxidation sites excluding steroid dienone is 1. The fourth-order valence-corrected chi connectivity index (χ4v) is 2.27. The summed E-state index contributed by atoms with van der Waals surface area (Å²) >= 11 is 0. The van der Waals surface area contributed by atoms with E-state index in [0.29, 0.717) is 22.4 Å². The average Bonchev–Trinajstić information content (AvgIpc) is 2.84. The van der Waals surface area contributed by atoms with Gasteiger partial charge in [0.05, 0.1) is 0 Å². The molecule has 4 nitrogen and oxygen atoms in total. The van der Waals surface area contributed by atoms with E-state index in [0.717, 1.165) is 5.57 Å². The van der Waals surface area contributed by atoms with E-state index in [4.69, 9.17) is 9.47 Å². The molecule has 1 aliphatic rings. The van der Waals surface area contributed by atoms with Crippen LogP contribution in [0.1, 0.15) is 49.7 Å². The monoisotopic (exact) mass is 300 g/mol. The maximum Gasteiger partial charge on any atom is 0.334 e. The van der Waals surface area contributed by atoms with Crippen molar-refractivity contribution >= 4 is 11.8 Å². The van der Waals surface area contributed by atoms with E-state index in [1.165, 1.54) is 6.92 Å². The molecule has 1 aromatic rings. The Hall–Kier alpha value is -2.36. The summed E-state index contributed by atoms with van der Waals surface area (Å²) in [5.41, 5.74) is 2.56. The molecule has 2 atom stereocenters. The van der Waals surface area contributed by atoms with Crippen molar-refractivity contribution in [3.8, 4) is 5.75 Å². The Balaban J connectivity index is 2.41. The SMILES string of the molecule is C=C(C)[C@H]1Oc2ccc(C(C)=O)cc2[C@@H]1OC(=O)/C(C)=C/C. The van der Waals surface area contributed by atoms with E-state index in [2.05, 4.69) is 6.58 Å². The minimum atomic E-state index is -0.589. The molecule has 0 amide bonds. The highest BCUT2D eigenvalue weighted by molar-refractivity contribution is 5.94. The summed E-state index contributed by atoms with van der Waals surface area (Å²) in [5, 5.41) is 0. The van der Waals surface area contributed by atoms with Gasteiger partial charge in [-0.15, -0.1) is 0 Å². The van der Waals surface area contributed by atoms with Crippen LogP contribution in [0.3, 0.4) is 0 Å². The zero-order valence-corrected chi connectivity index (χ0v) is 13.3. The molecule has 0 aromatic heterocycles. The molecule has 0 fully saturated rings. The van der Waals surface area contributed by atoms with Gasteiger partial charge in [-0.25, -0.2) is 4.79 Å². The Morgan fingerprint density at radius 1 is 1.27 bits per heavy atom. The molecule has 0 spiro atoms. The first-order valence-electron chi connectivity index (χ1n) is 7.16. The van der Waals surface area contributed by atoms with Gasteiger partial charge in [-0.05, 0) is 51.5 Å². The van der Waals surface area contributed by atoms with Crippen molar-refractivity contribution in [3.63, 3.8) is 0 Å². The third-order valence-corrected chi connectivity index (χ3v) is 3.73. The summed E-state index contributed by atoms with van der Waals surface area (Å²) in [5.74, 6) is 0.175. The third kappa shape index (κ3) is 2.96. The number of benzene rings is 1. The van der Waals surface area contributed by atoms with E-state index in [1.807, 2.05) is 6.92 Å². The van der Waals surface area contributed by atoms with Gasteiger partial charge in [0, 0.05) is 16.7 Å². The van der Waals surface area contributed by atoms with Gasteiger partial charge < -0.3 is 9.47 Å². The predicted octanol–water partition coefficient (Wildman–Crippen LogP) is 3.78. The topological polar surface area (TPSA) is 52.6 Å². The van der Waals surface area contributed by atoms with Crippen LogP contribution < -0.4 is 4.74 Å². The number of rotatable bonds is 4. The second-order valence-corrected chi connectivity index (χ2v) is 5.49. The second-order valence-electron chi connectivity index (χ2n) is 5.49. The maximum atomic E-state index is 12.1. The van der Waals surface area contributed by atoms with Gasteiger partial charge in [0.25, 0.3) is 0 Å². The third-order valence-electron chi connectivity index (χ3n) is 3.73. The van der Waals surface area contributed by atoms with Crippen molar-refractivity contribution in [2.24, 2.45) is 0 Å². The lowest BCUT2D eigenvalue weighted by Gasteiger charge is -2.20. The Morgan fingerprint density at radius 3 is 2.50 bits per heavy atom. The predicted molar refractivity (Wildman–Crippen MR) is 83.9 cm³/mol. The summed E-state index contributed by atoms with van der Waals surface area (Å²) < 4.78 is 11.4. The van der Waals surface area contributed by atoms with Gasteiger partial charge in [-0.2, -0.15) is 0 Å². The standard InChI is InChI=1S/C18H20O4/c1-6-11(4)18(20)22-17-14-9-13(12(5)19)7-8-15(14)21-16(17)10(2)3/h6-9,16-17H,2H2,1,3-5H3/b11-6+/t16-,17+/m1/s1. The summed E-state index contributed by atoms with van der Waals surface area (Å²) in [6, 6.07) is 5.17. The Labute approximate surface area is 130 Å². The van der Waals surface area contributed by atoms with E-state index < -0.39 is 18.2 Å². The van der Waals surface area contributed by atoms with E-state index in [1.54, 1.807) is 38.1 Å². The molecule has 0 aliphatic carbocycles. The number of Topliss-reactive ketones (excluding diaryl/α,β-unsaturated/α-hetero) is 1. The van der Waals surface area contributed by atoms with Crippen molar-refractivity contribution in [1.82, 2.24) is 0 Å². The Kier molecular flexibility index (Phi) is 4.50. The van der Waals surface area contributed by atoms with Crippen LogP contribution in [0.4, 0.5) is 0 Å². The molecular weight excluding hydrogens is 280 g/mol. The molecule has 0 saturated heterocycles. The fourth-order valence-electron chi connectivity index (χ4n) is 2.27. The van der Waals surface area contributed by atoms with E-state index in [-0.39, 0.29) is 5.78 Å². The molecule has 2 rings (SSSR count). The molecule has 0 saturated carbocycles. The number of carbonyl (C=O) groups is 2. The first-order chi connectivity index (χ1) is 10.3. The highest BCUT2D eigenvalue weighted by atomic mass is 16.6. The number of hydrogen-bond acceptors (Lipinski definition) is 4. The maximum absolute atomic E-state index is 12.1. The van der Waals surface area contributed by atoms with Gasteiger partial charge in [0.2, 0.25) is 0 Å². The fraction of sp³-hybridized carbons (Fsp3) is 0.333. The summed E-state index contributed by atoms with van der Waals surface area (Å²) in [6.45, 7) is 10.7. The van der Waals surface area contributed by atoms with Crippen molar-refractivity contribution in [2.45, 2.75) is 39.9 Å². The summed E-state index contributed by atoms with van der Waals surface area (Å²) in [6.07, 6.45) is 0.667. The smallest absolute Gasteiger partial charge is 0.334 e. The van der Waals surface area contributed by atoms with Gasteiger partial charge in [0.15, 0.2) is 18.0 Å². The van der Waals surface area contributed by atoms with Crippen LogP contribution in [0.15, 0.2) is 42.0 Å². The van der Waals surface area contributed by atoms with Gasteiger partial charge in [-0.1, -0.05) is 12.7 Å². The number of esters is 1. The van der Waals surface area contributed by atoms with Crippen molar-refractivity contribution < 1.29 is 19.1 Å². The van der Waals surface area contributed by atoms with Gasteiger partial charge in [0.1, 0.15) is 5.75 Å². The van der Waals surface area contributed by atoms with Crippen molar-refractivity contribution in [2.75, 3.05) is 0 Å². The molecule has 22 heavy (non-hydrogen) atoms. The van der Waals surface area contributed by atoms with Gasteiger partial charge in [-0.3, -0.25) is 4.79 Å². The number of ether oxygens (including phenoxy) is 2. The van der Waals surface area contributed by atoms with Crippen LogP contribution in [0, 0.1) is 0 Å². The first kappa shape index (κ1) is 16.0. The van der Waals surface area contributed by atoms with Crippen LogP contribution in [-0.4, -0.2) is 17.9 Å². The zero-order chi connectivity index (χ0) is 16.4. The molecule has 0 bridgehead atoms. The minimum Gasteiger partial charge on any atom is -0.481 e. The van der Waals surface area contributed by atoms with Crippen molar-refractivity contribution in [3.05, 3.63) is 53.1 Å².